The molecule has 2 heterocycles. The number of hydrogen-bond acceptors (Lipinski definition) is 7. The predicted molar refractivity (Wildman–Crippen MR) is 57.5 cm³/mol. The van der Waals surface area contributed by atoms with E-state index in [0.717, 1.165) is 16.8 Å². The number of rotatable bonds is 2. The van der Waals surface area contributed by atoms with E-state index in [4.69, 9.17) is 15.1 Å². The van der Waals surface area contributed by atoms with Crippen LogP contribution < -0.4 is 11.2 Å². The highest BCUT2D eigenvalue weighted by Crippen LogP contribution is 2.24. The average molecular weight is 257 g/mol. The largest absolute Gasteiger partial charge is 0.411 e. The fraction of sp³-hybridized carbons (Fsp3) is 0.444. The van der Waals surface area contributed by atoms with E-state index >= 15 is 0 Å². The number of aromatic amines is 1. The third kappa shape index (κ3) is 1.94. The minimum Gasteiger partial charge on any atom is -0.411 e. The van der Waals surface area contributed by atoms with Crippen LogP contribution in [-0.4, -0.2) is 49.5 Å². The molecule has 0 bridgehead atoms. The van der Waals surface area contributed by atoms with Gasteiger partial charge in [0, 0.05) is 12.3 Å². The lowest BCUT2D eigenvalue weighted by molar-refractivity contribution is -0.0441. The molecule has 1 aliphatic heterocycles. The second-order valence-electron chi connectivity index (χ2n) is 3.70. The molecule has 1 aliphatic rings. The summed E-state index contributed by atoms with van der Waals surface area (Å²) >= 11 is 0. The lowest BCUT2D eigenvalue weighted by atomic mass is 10.1. The van der Waals surface area contributed by atoms with Gasteiger partial charge < -0.3 is 20.2 Å². The van der Waals surface area contributed by atoms with Gasteiger partial charge >= 0.3 is 5.69 Å². The van der Waals surface area contributed by atoms with Crippen molar-refractivity contribution in [2.45, 2.75) is 18.4 Å². The first-order valence-corrected chi connectivity index (χ1v) is 5.06. The van der Waals surface area contributed by atoms with Gasteiger partial charge in [-0.15, -0.1) is 0 Å². The fourth-order valence-corrected chi connectivity index (χ4v) is 1.72. The Balaban J connectivity index is 2.45. The van der Waals surface area contributed by atoms with E-state index in [1.54, 1.807) is 0 Å². The van der Waals surface area contributed by atoms with Gasteiger partial charge in [0.05, 0.1) is 6.61 Å². The first-order chi connectivity index (χ1) is 8.58. The summed E-state index contributed by atoms with van der Waals surface area (Å²) < 4.78 is 6.12. The Morgan fingerprint density at radius 2 is 2.22 bits per heavy atom. The molecule has 0 aliphatic carbocycles. The van der Waals surface area contributed by atoms with Gasteiger partial charge in [-0.25, -0.2) is 4.79 Å². The van der Waals surface area contributed by atoms with Crippen molar-refractivity contribution in [3.63, 3.8) is 0 Å². The second-order valence-corrected chi connectivity index (χ2v) is 3.70. The van der Waals surface area contributed by atoms with Crippen LogP contribution in [-0.2, 0) is 4.74 Å². The van der Waals surface area contributed by atoms with Crippen LogP contribution in [0.4, 0.5) is 0 Å². The molecule has 1 aromatic rings. The van der Waals surface area contributed by atoms with Crippen molar-refractivity contribution < 1.29 is 20.2 Å². The zero-order chi connectivity index (χ0) is 13.3. The molecule has 0 unspecified atom stereocenters. The van der Waals surface area contributed by atoms with Crippen molar-refractivity contribution >= 4 is 5.71 Å². The molecule has 4 N–H and O–H groups in total. The minimum absolute atomic E-state index is 0.219. The number of nitrogens with one attached hydrogen (secondary N) is 1. The molecule has 1 fully saturated rings. The van der Waals surface area contributed by atoms with Crippen LogP contribution in [0.3, 0.4) is 0 Å². The summed E-state index contributed by atoms with van der Waals surface area (Å²) in [6.07, 6.45) is -2.36. The van der Waals surface area contributed by atoms with Crippen LogP contribution in [0.1, 0.15) is 6.23 Å². The zero-order valence-electron chi connectivity index (χ0n) is 9.05. The lowest BCUT2D eigenvalue weighted by Gasteiger charge is -2.13. The van der Waals surface area contributed by atoms with E-state index in [-0.39, 0.29) is 5.71 Å². The molecule has 0 amide bonds. The third-order valence-corrected chi connectivity index (χ3v) is 2.61. The number of H-pyrrole nitrogens is 1. The quantitative estimate of drug-likeness (QED) is 0.345. The van der Waals surface area contributed by atoms with E-state index in [9.17, 15) is 14.7 Å². The monoisotopic (exact) mass is 257 g/mol. The van der Waals surface area contributed by atoms with Gasteiger partial charge in [-0.2, -0.15) is 0 Å². The van der Waals surface area contributed by atoms with Crippen molar-refractivity contribution in [2.75, 3.05) is 6.61 Å². The predicted octanol–water partition coefficient (Wildman–Crippen LogP) is -2.38. The standard InChI is InChI=1S/C9H11N3O6/c13-3-4-7(15)6(11-17)8(18-4)12-2-1-5(14)10-9(12)16/h1-2,4,7-8,13,15,17H,3H2,(H,10,14,16)/b11-6+/t4-,7-,8-/m0/s1. The van der Waals surface area contributed by atoms with Gasteiger partial charge in [-0.3, -0.25) is 14.3 Å². The molecule has 9 heteroatoms. The Hall–Kier alpha value is -1.97. The lowest BCUT2D eigenvalue weighted by Crippen LogP contribution is -2.35. The van der Waals surface area contributed by atoms with Crippen LogP contribution in [0, 0.1) is 0 Å². The number of ether oxygens (including phenoxy) is 1. The van der Waals surface area contributed by atoms with Crippen molar-refractivity contribution in [1.29, 1.82) is 0 Å². The van der Waals surface area contributed by atoms with Crippen LogP contribution in [0.15, 0.2) is 27.0 Å². The zero-order valence-corrected chi connectivity index (χ0v) is 9.05. The highest BCUT2D eigenvalue weighted by Gasteiger charge is 2.42. The van der Waals surface area contributed by atoms with Crippen molar-refractivity contribution in [2.24, 2.45) is 5.16 Å². The first kappa shape index (κ1) is 12.5. The van der Waals surface area contributed by atoms with Crippen LogP contribution >= 0.6 is 0 Å². The fourth-order valence-electron chi connectivity index (χ4n) is 1.72. The van der Waals surface area contributed by atoms with Gasteiger partial charge in [0.2, 0.25) is 0 Å². The first-order valence-electron chi connectivity index (χ1n) is 5.06. The minimum atomic E-state index is -1.33. The molecule has 9 nitrogen and oxygen atoms in total. The Kier molecular flexibility index (Phi) is 3.28. The van der Waals surface area contributed by atoms with E-state index in [1.807, 2.05) is 4.98 Å². The highest BCUT2D eigenvalue weighted by atomic mass is 16.5. The summed E-state index contributed by atoms with van der Waals surface area (Å²) in [4.78, 5) is 24.5. The van der Waals surface area contributed by atoms with Crippen LogP contribution in [0.25, 0.3) is 0 Å². The maximum Gasteiger partial charge on any atom is 0.330 e. The van der Waals surface area contributed by atoms with Gasteiger partial charge in [-0.1, -0.05) is 5.16 Å². The van der Waals surface area contributed by atoms with Crippen molar-refractivity contribution in [3.05, 3.63) is 33.1 Å². The SMILES string of the molecule is O=c1ccn([C@H]2O[C@@H](CO)[C@H](O)/C2=N\O)c(=O)[nH]1. The summed E-state index contributed by atoms with van der Waals surface area (Å²) in [6, 6.07) is 1.08. The molecule has 3 atom stereocenters. The normalized spacial score (nSPS) is 29.9. The molecular formula is C9H11N3O6. The number of aromatic nitrogens is 2. The number of hydrogen-bond donors (Lipinski definition) is 4. The van der Waals surface area contributed by atoms with Crippen molar-refractivity contribution in [3.8, 4) is 0 Å². The second kappa shape index (κ2) is 4.72. The molecule has 0 aromatic carbocycles. The van der Waals surface area contributed by atoms with Gasteiger partial charge in [0.1, 0.15) is 17.9 Å². The van der Waals surface area contributed by atoms with Crippen LogP contribution in [0.5, 0.6) is 0 Å². The van der Waals surface area contributed by atoms with E-state index < -0.39 is 36.3 Å². The van der Waals surface area contributed by atoms with Gasteiger partial charge in [-0.05, 0) is 0 Å². The molecular weight excluding hydrogens is 246 g/mol. The number of aliphatic hydroxyl groups excluding tert-OH is 2. The summed E-state index contributed by atoms with van der Waals surface area (Å²) in [6.45, 7) is -0.505. The summed E-state index contributed by atoms with van der Waals surface area (Å²) in [5, 5.41) is 30.3. The highest BCUT2D eigenvalue weighted by molar-refractivity contribution is 5.92. The number of oxime groups is 1. The topological polar surface area (TPSA) is 137 Å². The maximum atomic E-state index is 11.5. The van der Waals surface area contributed by atoms with Crippen LogP contribution in [0.2, 0.25) is 0 Å². The Bertz CT molecular complexity index is 576. The molecule has 1 saturated heterocycles. The van der Waals surface area contributed by atoms with E-state index in [0.29, 0.717) is 0 Å². The number of nitrogens with zero attached hydrogens (tertiary/aromatic N) is 2. The van der Waals surface area contributed by atoms with Crippen molar-refractivity contribution in [1.82, 2.24) is 9.55 Å². The van der Waals surface area contributed by atoms with E-state index in [1.165, 1.54) is 0 Å². The smallest absolute Gasteiger partial charge is 0.330 e. The Morgan fingerprint density at radius 1 is 1.50 bits per heavy atom. The summed E-state index contributed by atoms with van der Waals surface area (Å²) in [5.74, 6) is 0. The Labute approximate surface area is 99.6 Å². The molecule has 0 radical (unpaired) electrons. The molecule has 18 heavy (non-hydrogen) atoms. The van der Waals surface area contributed by atoms with Gasteiger partial charge in [0.15, 0.2) is 6.23 Å². The molecule has 0 spiro atoms. The molecule has 0 saturated carbocycles. The maximum absolute atomic E-state index is 11.5. The van der Waals surface area contributed by atoms with E-state index in [2.05, 4.69) is 5.16 Å². The number of aliphatic hydroxyl groups is 2. The summed E-state index contributed by atoms with van der Waals surface area (Å²) in [5.41, 5.74) is -1.58. The van der Waals surface area contributed by atoms with Gasteiger partial charge in [0.25, 0.3) is 5.56 Å². The summed E-state index contributed by atoms with van der Waals surface area (Å²) in [7, 11) is 0. The molecule has 98 valence electrons. The Morgan fingerprint density at radius 3 is 2.78 bits per heavy atom. The molecule has 1 aromatic heterocycles. The third-order valence-electron chi connectivity index (χ3n) is 2.61. The molecule has 2 rings (SSSR count). The average Bonchev–Trinajstić information content (AvgIpc) is 2.65.